The smallest absolute Gasteiger partial charge is 0.207 e. The van der Waals surface area contributed by atoms with Gasteiger partial charge in [-0.3, -0.25) is 0 Å². The molecule has 4 nitrogen and oxygen atoms in total. The van der Waals surface area contributed by atoms with E-state index in [9.17, 15) is 8.42 Å². The van der Waals surface area contributed by atoms with Crippen molar-refractivity contribution in [3.63, 3.8) is 0 Å². The second-order valence-corrected chi connectivity index (χ2v) is 8.14. The van der Waals surface area contributed by atoms with Gasteiger partial charge in [-0.25, -0.2) is 8.42 Å². The van der Waals surface area contributed by atoms with Gasteiger partial charge >= 0.3 is 0 Å². The van der Waals surface area contributed by atoms with Crippen molar-refractivity contribution in [3.05, 3.63) is 65.7 Å². The molecule has 0 amide bonds. The average Bonchev–Trinajstić information content (AvgIpc) is 3.45. The first-order valence-electron chi connectivity index (χ1n) is 8.08. The number of benzene rings is 2. The summed E-state index contributed by atoms with van der Waals surface area (Å²) >= 11 is 0. The van der Waals surface area contributed by atoms with E-state index in [-0.39, 0.29) is 10.9 Å². The third kappa shape index (κ3) is 3.50. The number of nitriles is 1. The number of rotatable bonds is 6. The van der Waals surface area contributed by atoms with Crippen LogP contribution in [0.5, 0.6) is 0 Å². The van der Waals surface area contributed by atoms with Crippen LogP contribution in [0.2, 0.25) is 0 Å². The summed E-state index contributed by atoms with van der Waals surface area (Å²) in [7, 11) is -3.60. The highest BCUT2D eigenvalue weighted by molar-refractivity contribution is 7.89. The van der Waals surface area contributed by atoms with Crippen LogP contribution >= 0.6 is 0 Å². The standard InChI is InChI=1S/C19H20N2O2S/c1-15(18-9-10-18)21(14-17-5-3-2-4-6-17)24(22,23)19-11-7-16(13-20)8-12-19/h2-8,11-12,15,18H,9-10,14H2,1H3/t15-/m1/s1. The maximum Gasteiger partial charge on any atom is 0.243 e. The van der Waals surface area contributed by atoms with Gasteiger partial charge in [-0.1, -0.05) is 30.3 Å². The third-order valence-corrected chi connectivity index (χ3v) is 6.48. The lowest BCUT2D eigenvalue weighted by Crippen LogP contribution is -2.39. The summed E-state index contributed by atoms with van der Waals surface area (Å²) in [5, 5.41) is 8.89. The Balaban J connectivity index is 1.94. The summed E-state index contributed by atoms with van der Waals surface area (Å²) in [6.07, 6.45) is 2.16. The Morgan fingerprint density at radius 2 is 1.75 bits per heavy atom. The maximum atomic E-state index is 13.2. The molecule has 1 aliphatic carbocycles. The lowest BCUT2D eigenvalue weighted by atomic mass is 10.2. The van der Waals surface area contributed by atoms with E-state index in [1.165, 1.54) is 12.1 Å². The molecule has 0 saturated heterocycles. The fourth-order valence-corrected chi connectivity index (χ4v) is 4.54. The molecule has 5 heteroatoms. The van der Waals surface area contributed by atoms with Gasteiger partial charge in [0.1, 0.15) is 0 Å². The first kappa shape index (κ1) is 16.7. The van der Waals surface area contributed by atoms with Crippen molar-refractivity contribution in [1.29, 1.82) is 5.26 Å². The molecule has 24 heavy (non-hydrogen) atoms. The van der Waals surface area contributed by atoms with E-state index in [1.807, 2.05) is 43.3 Å². The summed E-state index contributed by atoms with van der Waals surface area (Å²) in [6.45, 7) is 2.35. The Bertz CT molecular complexity index is 835. The highest BCUT2D eigenvalue weighted by Crippen LogP contribution is 2.37. The van der Waals surface area contributed by atoms with Crippen LogP contribution in [0.15, 0.2) is 59.5 Å². The lowest BCUT2D eigenvalue weighted by molar-refractivity contribution is 0.303. The molecule has 0 bridgehead atoms. The van der Waals surface area contributed by atoms with E-state index < -0.39 is 10.0 Å². The topological polar surface area (TPSA) is 61.2 Å². The molecular formula is C19H20N2O2S. The van der Waals surface area contributed by atoms with Crippen molar-refractivity contribution in [2.45, 2.75) is 37.2 Å². The van der Waals surface area contributed by atoms with Crippen LogP contribution in [0.25, 0.3) is 0 Å². The molecule has 3 rings (SSSR count). The minimum atomic E-state index is -3.60. The number of hydrogen-bond donors (Lipinski definition) is 0. The predicted molar refractivity (Wildman–Crippen MR) is 92.5 cm³/mol. The number of nitrogens with zero attached hydrogens (tertiary/aromatic N) is 2. The van der Waals surface area contributed by atoms with Gasteiger partial charge in [0.05, 0.1) is 16.5 Å². The normalized spacial score (nSPS) is 15.9. The van der Waals surface area contributed by atoms with Crippen molar-refractivity contribution < 1.29 is 8.42 Å². The predicted octanol–water partition coefficient (Wildman–Crippen LogP) is 3.55. The molecule has 0 radical (unpaired) electrons. The van der Waals surface area contributed by atoms with E-state index in [4.69, 9.17) is 5.26 Å². The molecule has 1 atom stereocenters. The van der Waals surface area contributed by atoms with Gasteiger partial charge in [-0.15, -0.1) is 0 Å². The van der Waals surface area contributed by atoms with E-state index in [0.717, 1.165) is 18.4 Å². The Hall–Kier alpha value is -2.16. The number of hydrogen-bond acceptors (Lipinski definition) is 3. The highest BCUT2D eigenvalue weighted by Gasteiger charge is 2.38. The second-order valence-electron chi connectivity index (χ2n) is 6.25. The van der Waals surface area contributed by atoms with Crippen molar-refractivity contribution in [2.24, 2.45) is 5.92 Å². The van der Waals surface area contributed by atoms with Crippen LogP contribution in [0, 0.1) is 17.2 Å². The zero-order valence-corrected chi connectivity index (χ0v) is 14.4. The molecule has 1 saturated carbocycles. The molecule has 1 aliphatic rings. The Morgan fingerprint density at radius 3 is 2.29 bits per heavy atom. The quantitative estimate of drug-likeness (QED) is 0.808. The minimum Gasteiger partial charge on any atom is -0.207 e. The van der Waals surface area contributed by atoms with Crippen LogP contribution in [0.3, 0.4) is 0 Å². The average molecular weight is 340 g/mol. The summed E-state index contributed by atoms with van der Waals surface area (Å²) in [6, 6.07) is 17.8. The zero-order valence-electron chi connectivity index (χ0n) is 13.6. The van der Waals surface area contributed by atoms with Gasteiger partial charge in [0.2, 0.25) is 10.0 Å². The first-order chi connectivity index (χ1) is 11.5. The highest BCUT2D eigenvalue weighted by atomic mass is 32.2. The zero-order chi connectivity index (χ0) is 17.2. The van der Waals surface area contributed by atoms with Gasteiger partial charge < -0.3 is 0 Å². The molecule has 0 spiro atoms. The van der Waals surface area contributed by atoms with Crippen LogP contribution in [-0.4, -0.2) is 18.8 Å². The summed E-state index contributed by atoms with van der Waals surface area (Å²) in [5.41, 5.74) is 1.43. The van der Waals surface area contributed by atoms with E-state index in [1.54, 1.807) is 16.4 Å². The molecule has 2 aromatic carbocycles. The Kier molecular flexibility index (Phi) is 4.70. The van der Waals surface area contributed by atoms with Gasteiger partial charge in [0, 0.05) is 12.6 Å². The van der Waals surface area contributed by atoms with Crippen molar-refractivity contribution >= 4 is 10.0 Å². The summed E-state index contributed by atoms with van der Waals surface area (Å²) < 4.78 is 27.9. The van der Waals surface area contributed by atoms with Crippen LogP contribution < -0.4 is 0 Å². The largest absolute Gasteiger partial charge is 0.243 e. The van der Waals surface area contributed by atoms with Gasteiger partial charge in [-0.2, -0.15) is 9.57 Å². The van der Waals surface area contributed by atoms with Crippen molar-refractivity contribution in [1.82, 2.24) is 4.31 Å². The van der Waals surface area contributed by atoms with E-state index >= 15 is 0 Å². The first-order valence-corrected chi connectivity index (χ1v) is 9.52. The Morgan fingerprint density at radius 1 is 1.12 bits per heavy atom. The molecule has 0 unspecified atom stereocenters. The van der Waals surface area contributed by atoms with Crippen molar-refractivity contribution in [2.75, 3.05) is 0 Å². The van der Waals surface area contributed by atoms with Gasteiger partial charge in [0.15, 0.2) is 0 Å². The molecular weight excluding hydrogens is 320 g/mol. The lowest BCUT2D eigenvalue weighted by Gasteiger charge is -2.28. The van der Waals surface area contributed by atoms with Gasteiger partial charge in [-0.05, 0) is 55.5 Å². The molecule has 124 valence electrons. The second kappa shape index (κ2) is 6.76. The van der Waals surface area contributed by atoms with Crippen molar-refractivity contribution in [3.8, 4) is 6.07 Å². The maximum absolute atomic E-state index is 13.2. The monoisotopic (exact) mass is 340 g/mol. The summed E-state index contributed by atoms with van der Waals surface area (Å²) in [5.74, 6) is 0.432. The van der Waals surface area contributed by atoms with E-state index in [0.29, 0.717) is 18.0 Å². The SMILES string of the molecule is C[C@H](C1CC1)N(Cc1ccccc1)S(=O)(=O)c1ccc(C#N)cc1. The van der Waals surface area contributed by atoms with E-state index in [2.05, 4.69) is 0 Å². The van der Waals surface area contributed by atoms with Crippen LogP contribution in [-0.2, 0) is 16.6 Å². The summed E-state index contributed by atoms with van der Waals surface area (Å²) in [4.78, 5) is 0.241. The van der Waals surface area contributed by atoms with Crippen LogP contribution in [0.1, 0.15) is 30.9 Å². The molecule has 0 aromatic heterocycles. The molecule has 0 heterocycles. The fourth-order valence-electron chi connectivity index (χ4n) is 2.86. The van der Waals surface area contributed by atoms with Gasteiger partial charge in [0.25, 0.3) is 0 Å². The fraction of sp³-hybridized carbons (Fsp3) is 0.316. The Labute approximate surface area is 143 Å². The molecule has 0 N–H and O–H groups in total. The minimum absolute atomic E-state index is 0.0363. The number of sulfonamides is 1. The molecule has 2 aromatic rings. The third-order valence-electron chi connectivity index (χ3n) is 4.53. The molecule has 1 fully saturated rings. The molecule has 0 aliphatic heterocycles. The van der Waals surface area contributed by atoms with Crippen LogP contribution in [0.4, 0.5) is 0 Å².